The number of piperidine rings is 1. The number of carbonyl (C=O) groups is 2. The summed E-state index contributed by atoms with van der Waals surface area (Å²) < 4.78 is 28.1. The first-order valence-electron chi connectivity index (χ1n) is 16.7. The zero-order valence-corrected chi connectivity index (χ0v) is 29.7. The van der Waals surface area contributed by atoms with Gasteiger partial charge in [0, 0.05) is 32.1 Å². The van der Waals surface area contributed by atoms with E-state index in [0.717, 1.165) is 42.4 Å². The molecule has 258 valence electrons. The smallest absolute Gasteiger partial charge is 0.227 e. The molecule has 2 amide bonds. The van der Waals surface area contributed by atoms with E-state index in [0.29, 0.717) is 31.0 Å². The van der Waals surface area contributed by atoms with Crippen LogP contribution in [0, 0.1) is 11.8 Å². The van der Waals surface area contributed by atoms with Gasteiger partial charge in [0.25, 0.3) is 0 Å². The van der Waals surface area contributed by atoms with Gasteiger partial charge in [0.05, 0.1) is 16.6 Å². The maximum absolute atomic E-state index is 14.1. The highest BCUT2D eigenvalue weighted by Crippen LogP contribution is 2.30. The standard InChI is InChI=1S/C38H50N4O5S/c1-38(2,3)33-17-15-29(16-18-33)30-11-8-13-34(25-30)48(45,46)26-32(24-28-10-6-12-31(23-28)36(39)41-47-5)37(44)42-21-19-27(20-22-42)9-7-14-35(43)40-4/h6,8,10-13,15-18,23,25,27,32H,7,9,14,19-22,24,26H2,1-5H3,(H2,39,41)(H,40,43)/t32-/m1/s1. The highest BCUT2D eigenvalue weighted by molar-refractivity contribution is 7.91. The van der Waals surface area contributed by atoms with Gasteiger partial charge in [-0.15, -0.1) is 0 Å². The van der Waals surface area contributed by atoms with Crippen molar-refractivity contribution < 1.29 is 22.8 Å². The molecule has 1 atom stereocenters. The molecular weight excluding hydrogens is 625 g/mol. The van der Waals surface area contributed by atoms with Gasteiger partial charge < -0.3 is 20.8 Å². The molecule has 3 aromatic carbocycles. The van der Waals surface area contributed by atoms with Gasteiger partial charge in [0.15, 0.2) is 15.7 Å². The fraction of sp³-hybridized carbons (Fsp3) is 0.447. The lowest BCUT2D eigenvalue weighted by molar-refractivity contribution is -0.136. The third-order valence-electron chi connectivity index (χ3n) is 9.16. The van der Waals surface area contributed by atoms with Crippen molar-refractivity contribution in [3.63, 3.8) is 0 Å². The molecule has 9 nitrogen and oxygen atoms in total. The summed E-state index contributed by atoms with van der Waals surface area (Å²) in [5.74, 6) is -0.627. The normalized spacial score (nSPS) is 15.2. The second-order valence-corrected chi connectivity index (χ2v) is 15.8. The second-order valence-electron chi connectivity index (χ2n) is 13.7. The molecule has 0 radical (unpaired) electrons. The minimum absolute atomic E-state index is 0.00906. The number of nitrogens with zero attached hydrogens (tertiary/aromatic N) is 2. The molecule has 10 heteroatoms. The molecule has 3 N–H and O–H groups in total. The van der Waals surface area contributed by atoms with E-state index >= 15 is 0 Å². The Labute approximate surface area is 285 Å². The van der Waals surface area contributed by atoms with Crippen LogP contribution in [-0.2, 0) is 36.1 Å². The quantitative estimate of drug-likeness (QED) is 0.136. The largest absolute Gasteiger partial charge is 0.397 e. The number of oxime groups is 1. The predicted molar refractivity (Wildman–Crippen MR) is 191 cm³/mol. The summed E-state index contributed by atoms with van der Waals surface area (Å²) >= 11 is 0. The van der Waals surface area contributed by atoms with Crippen molar-refractivity contribution in [2.45, 2.75) is 69.6 Å². The molecular formula is C38H50N4O5S. The topological polar surface area (TPSA) is 131 Å². The molecule has 1 aliphatic rings. The highest BCUT2D eigenvalue weighted by Gasteiger charge is 2.33. The Kier molecular flexibility index (Phi) is 12.4. The molecule has 0 bridgehead atoms. The van der Waals surface area contributed by atoms with Crippen LogP contribution >= 0.6 is 0 Å². The van der Waals surface area contributed by atoms with Crippen LogP contribution in [0.15, 0.2) is 82.8 Å². The summed E-state index contributed by atoms with van der Waals surface area (Å²) in [6.45, 7) is 7.59. The monoisotopic (exact) mass is 674 g/mol. The Bertz CT molecular complexity index is 1690. The molecule has 1 saturated heterocycles. The molecule has 48 heavy (non-hydrogen) atoms. The number of benzene rings is 3. The Balaban J connectivity index is 1.56. The lowest BCUT2D eigenvalue weighted by atomic mass is 9.86. The van der Waals surface area contributed by atoms with Gasteiger partial charge in [-0.1, -0.05) is 80.5 Å². The van der Waals surface area contributed by atoms with Gasteiger partial charge in [-0.3, -0.25) is 9.59 Å². The number of hydrogen-bond donors (Lipinski definition) is 2. The van der Waals surface area contributed by atoms with Crippen molar-refractivity contribution in [1.29, 1.82) is 0 Å². The molecule has 4 rings (SSSR count). The molecule has 0 spiro atoms. The van der Waals surface area contributed by atoms with Crippen LogP contribution in [0.3, 0.4) is 0 Å². The van der Waals surface area contributed by atoms with Crippen LogP contribution < -0.4 is 11.1 Å². The number of amides is 2. The molecule has 3 aromatic rings. The van der Waals surface area contributed by atoms with E-state index in [2.05, 4.69) is 43.4 Å². The maximum Gasteiger partial charge on any atom is 0.227 e. The first-order chi connectivity index (χ1) is 22.8. The van der Waals surface area contributed by atoms with Gasteiger partial charge in [0.1, 0.15) is 7.11 Å². The van der Waals surface area contributed by atoms with Gasteiger partial charge in [-0.25, -0.2) is 8.42 Å². The number of hydrogen-bond acceptors (Lipinski definition) is 6. The number of nitrogens with two attached hydrogens (primary N) is 1. The number of nitrogens with one attached hydrogen (secondary N) is 1. The van der Waals surface area contributed by atoms with E-state index in [4.69, 9.17) is 10.6 Å². The third kappa shape index (κ3) is 9.92. The maximum atomic E-state index is 14.1. The number of rotatable bonds is 13. The SMILES string of the molecule is CNC(=O)CCCC1CCN(C(=O)[C@H](Cc2cccc(/C(N)=N\OC)c2)CS(=O)(=O)c2cccc(-c3ccc(C(C)(C)C)cc3)c2)CC1. The molecule has 0 saturated carbocycles. The average Bonchev–Trinajstić information content (AvgIpc) is 3.08. The number of sulfone groups is 1. The Morgan fingerprint density at radius 1 is 1.00 bits per heavy atom. The van der Waals surface area contributed by atoms with Gasteiger partial charge in [-0.2, -0.15) is 0 Å². The second kappa shape index (κ2) is 16.3. The van der Waals surface area contributed by atoms with Crippen LogP contribution in [0.1, 0.15) is 69.6 Å². The molecule has 0 aliphatic carbocycles. The summed E-state index contributed by atoms with van der Waals surface area (Å²) in [6.07, 6.45) is 4.12. The molecule has 0 unspecified atom stereocenters. The summed E-state index contributed by atoms with van der Waals surface area (Å²) in [5, 5.41) is 6.48. The summed E-state index contributed by atoms with van der Waals surface area (Å²) in [7, 11) is -0.791. The minimum Gasteiger partial charge on any atom is -0.397 e. The molecule has 0 aromatic heterocycles. The van der Waals surface area contributed by atoms with Crippen molar-refractivity contribution in [2.75, 3.05) is 33.0 Å². The van der Waals surface area contributed by atoms with E-state index in [-0.39, 0.29) is 40.1 Å². The van der Waals surface area contributed by atoms with Crippen molar-refractivity contribution in [2.24, 2.45) is 22.7 Å². The van der Waals surface area contributed by atoms with Crippen LogP contribution in [-0.4, -0.2) is 64.0 Å². The molecule has 1 heterocycles. The lowest BCUT2D eigenvalue weighted by Gasteiger charge is -2.34. The molecule has 1 aliphatic heterocycles. The van der Waals surface area contributed by atoms with Crippen LogP contribution in [0.4, 0.5) is 0 Å². The number of likely N-dealkylation sites (tertiary alicyclic amines) is 1. The van der Waals surface area contributed by atoms with Gasteiger partial charge in [0.2, 0.25) is 11.8 Å². The lowest BCUT2D eigenvalue weighted by Crippen LogP contribution is -2.44. The predicted octanol–water partition coefficient (Wildman–Crippen LogP) is 5.71. The summed E-state index contributed by atoms with van der Waals surface area (Å²) in [6, 6.07) is 22.5. The zero-order valence-electron chi connectivity index (χ0n) is 28.9. The number of carbonyl (C=O) groups excluding carboxylic acids is 2. The summed E-state index contributed by atoms with van der Waals surface area (Å²) in [4.78, 5) is 32.6. The van der Waals surface area contributed by atoms with Crippen molar-refractivity contribution in [1.82, 2.24) is 10.2 Å². The fourth-order valence-corrected chi connectivity index (χ4v) is 7.86. The van der Waals surface area contributed by atoms with E-state index in [1.54, 1.807) is 31.3 Å². The Morgan fingerprint density at radius 3 is 2.33 bits per heavy atom. The minimum atomic E-state index is -3.85. The fourth-order valence-electron chi connectivity index (χ4n) is 6.28. The van der Waals surface area contributed by atoms with Crippen molar-refractivity contribution in [3.8, 4) is 11.1 Å². The third-order valence-corrected chi connectivity index (χ3v) is 11.0. The Hall–Kier alpha value is -4.18. The highest BCUT2D eigenvalue weighted by atomic mass is 32.2. The van der Waals surface area contributed by atoms with Crippen molar-refractivity contribution >= 4 is 27.5 Å². The zero-order chi connectivity index (χ0) is 34.9. The van der Waals surface area contributed by atoms with E-state index in [1.807, 2.05) is 41.3 Å². The van der Waals surface area contributed by atoms with Gasteiger partial charge in [-0.05, 0) is 83.9 Å². The molecule has 1 fully saturated rings. The van der Waals surface area contributed by atoms with E-state index in [9.17, 15) is 18.0 Å². The van der Waals surface area contributed by atoms with Crippen molar-refractivity contribution in [3.05, 3.63) is 89.5 Å². The van der Waals surface area contributed by atoms with E-state index < -0.39 is 15.8 Å². The van der Waals surface area contributed by atoms with Crippen LogP contribution in [0.2, 0.25) is 0 Å². The number of amidine groups is 1. The van der Waals surface area contributed by atoms with Crippen LogP contribution in [0.25, 0.3) is 11.1 Å². The van der Waals surface area contributed by atoms with Gasteiger partial charge >= 0.3 is 0 Å². The van der Waals surface area contributed by atoms with E-state index in [1.165, 1.54) is 12.7 Å². The summed E-state index contributed by atoms with van der Waals surface area (Å²) in [5.41, 5.74) is 10.4. The first kappa shape index (κ1) is 36.7. The van der Waals surface area contributed by atoms with Crippen LogP contribution in [0.5, 0.6) is 0 Å². The average molecular weight is 675 g/mol. The first-order valence-corrected chi connectivity index (χ1v) is 18.3. The Morgan fingerprint density at radius 2 is 1.69 bits per heavy atom.